The molecule has 0 fully saturated rings. The van der Waals surface area contributed by atoms with Gasteiger partial charge in [-0.3, -0.25) is 0 Å². The summed E-state index contributed by atoms with van der Waals surface area (Å²) in [5, 5.41) is 6.81. The number of carbonyl (C=O) groups is 1. The predicted octanol–water partition coefficient (Wildman–Crippen LogP) is 7.08. The number of hydrogen-bond donors (Lipinski definition) is 2. The Hall–Kier alpha value is -3.09. The van der Waals surface area contributed by atoms with Gasteiger partial charge in [-0.15, -0.1) is 0 Å². The number of halogens is 2. The number of benzene rings is 2. The van der Waals surface area contributed by atoms with Gasteiger partial charge in [0.2, 0.25) is 0 Å². The van der Waals surface area contributed by atoms with Crippen molar-refractivity contribution in [3.63, 3.8) is 0 Å². The van der Waals surface area contributed by atoms with Crippen molar-refractivity contribution in [2.75, 3.05) is 10.6 Å². The van der Waals surface area contributed by atoms with Gasteiger partial charge in [-0.2, -0.15) is 0 Å². The van der Waals surface area contributed by atoms with Gasteiger partial charge < -0.3 is 15.2 Å². The minimum atomic E-state index is -0.392. The molecule has 0 radical (unpaired) electrons. The molecule has 0 spiro atoms. The second kappa shape index (κ2) is 10.2. The van der Waals surface area contributed by atoms with E-state index in [1.165, 1.54) is 0 Å². The van der Waals surface area contributed by atoms with E-state index in [0.717, 1.165) is 47.4 Å². The topological polar surface area (TPSA) is 71.8 Å². The van der Waals surface area contributed by atoms with Crippen LogP contribution in [0.5, 0.6) is 0 Å². The zero-order valence-electron chi connectivity index (χ0n) is 18.5. The lowest BCUT2D eigenvalue weighted by molar-refractivity contribution is 0.262. The number of imidazole rings is 1. The van der Waals surface area contributed by atoms with Gasteiger partial charge >= 0.3 is 6.03 Å². The summed E-state index contributed by atoms with van der Waals surface area (Å²) in [6.07, 6.45) is 4.62. The standard InChI is InChI=1S/C25H25Cl2N5O/c1-3-4-12-22-31-23-16(2)21(30-25(33)29-20-11-6-5-10-19(20)27)14-28-24(23)32(22)15-17-8-7-9-18(26)13-17/h5-11,13-14H,3-4,12,15H2,1-2H3,(H2,29,30,33). The van der Waals surface area contributed by atoms with E-state index in [-0.39, 0.29) is 0 Å². The molecule has 2 aromatic heterocycles. The van der Waals surface area contributed by atoms with Gasteiger partial charge in [-0.05, 0) is 43.2 Å². The molecule has 4 aromatic rings. The van der Waals surface area contributed by atoms with Crippen LogP contribution in [0, 0.1) is 6.92 Å². The zero-order chi connectivity index (χ0) is 23.4. The third-order valence-electron chi connectivity index (χ3n) is 5.45. The third-order valence-corrected chi connectivity index (χ3v) is 6.01. The normalized spacial score (nSPS) is 11.0. The number of pyridine rings is 1. The summed E-state index contributed by atoms with van der Waals surface area (Å²) in [6.45, 7) is 4.73. The number of hydrogen-bond acceptors (Lipinski definition) is 3. The highest BCUT2D eigenvalue weighted by atomic mass is 35.5. The number of amides is 2. The number of aryl methyl sites for hydroxylation is 2. The number of para-hydroxylation sites is 1. The van der Waals surface area contributed by atoms with Crippen molar-refractivity contribution in [2.24, 2.45) is 0 Å². The van der Waals surface area contributed by atoms with Crippen LogP contribution in [-0.4, -0.2) is 20.6 Å². The van der Waals surface area contributed by atoms with Gasteiger partial charge in [0.1, 0.15) is 11.3 Å². The van der Waals surface area contributed by atoms with E-state index in [1.54, 1.807) is 18.3 Å². The number of rotatable bonds is 7. The Morgan fingerprint density at radius 2 is 1.85 bits per heavy atom. The highest BCUT2D eigenvalue weighted by molar-refractivity contribution is 6.33. The Bertz CT molecular complexity index is 1300. The average Bonchev–Trinajstić information content (AvgIpc) is 3.14. The average molecular weight is 482 g/mol. The highest BCUT2D eigenvalue weighted by Crippen LogP contribution is 2.27. The van der Waals surface area contributed by atoms with Crippen LogP contribution in [0.1, 0.15) is 36.7 Å². The first-order valence-corrected chi connectivity index (χ1v) is 11.6. The molecule has 0 saturated carbocycles. The maximum atomic E-state index is 12.6. The lowest BCUT2D eigenvalue weighted by Gasteiger charge is -2.12. The van der Waals surface area contributed by atoms with Crippen LogP contribution in [0.2, 0.25) is 10.0 Å². The van der Waals surface area contributed by atoms with Crippen LogP contribution in [0.3, 0.4) is 0 Å². The molecule has 2 heterocycles. The van der Waals surface area contributed by atoms with E-state index in [9.17, 15) is 4.79 Å². The van der Waals surface area contributed by atoms with Gasteiger partial charge in [0.05, 0.1) is 29.1 Å². The first-order chi connectivity index (χ1) is 16.0. The molecular weight excluding hydrogens is 457 g/mol. The molecule has 170 valence electrons. The van der Waals surface area contributed by atoms with Crippen LogP contribution in [0.4, 0.5) is 16.2 Å². The summed E-state index contributed by atoms with van der Waals surface area (Å²) in [5.41, 5.74) is 4.64. The summed E-state index contributed by atoms with van der Waals surface area (Å²) in [6, 6.07) is 14.5. The van der Waals surface area contributed by atoms with Crippen molar-refractivity contribution < 1.29 is 4.79 Å². The van der Waals surface area contributed by atoms with Crippen molar-refractivity contribution >= 4 is 51.8 Å². The maximum Gasteiger partial charge on any atom is 0.323 e. The van der Waals surface area contributed by atoms with Crippen LogP contribution in [0.25, 0.3) is 11.2 Å². The molecule has 6 nitrogen and oxygen atoms in total. The highest BCUT2D eigenvalue weighted by Gasteiger charge is 2.17. The molecule has 0 aliphatic heterocycles. The lowest BCUT2D eigenvalue weighted by Crippen LogP contribution is -2.20. The van der Waals surface area contributed by atoms with Crippen molar-refractivity contribution in [2.45, 2.75) is 39.7 Å². The quantitative estimate of drug-likeness (QED) is 0.296. The van der Waals surface area contributed by atoms with Crippen molar-refractivity contribution in [3.05, 3.63) is 81.7 Å². The van der Waals surface area contributed by atoms with Crippen LogP contribution >= 0.6 is 23.2 Å². The monoisotopic (exact) mass is 481 g/mol. The SMILES string of the molecule is CCCCc1nc2c(C)c(NC(=O)Nc3ccccc3Cl)cnc2n1Cc1cccc(Cl)c1. The maximum absolute atomic E-state index is 12.6. The fraction of sp³-hybridized carbons (Fsp3) is 0.240. The second-order valence-corrected chi connectivity index (χ2v) is 8.72. The molecule has 0 aliphatic carbocycles. The van der Waals surface area contributed by atoms with Gasteiger partial charge in [-0.25, -0.2) is 14.8 Å². The molecule has 2 amide bonds. The number of unbranched alkanes of at least 4 members (excludes halogenated alkanes) is 1. The lowest BCUT2D eigenvalue weighted by atomic mass is 10.2. The van der Waals surface area contributed by atoms with Crippen LogP contribution in [-0.2, 0) is 13.0 Å². The molecule has 0 bridgehead atoms. The molecule has 0 aliphatic rings. The van der Waals surface area contributed by atoms with E-state index in [0.29, 0.717) is 28.0 Å². The first-order valence-electron chi connectivity index (χ1n) is 10.9. The summed E-state index contributed by atoms with van der Waals surface area (Å²) >= 11 is 12.3. The summed E-state index contributed by atoms with van der Waals surface area (Å²) in [5.74, 6) is 0.972. The number of carbonyl (C=O) groups excluding carboxylic acids is 1. The Labute approximate surface area is 203 Å². The Morgan fingerprint density at radius 1 is 1.06 bits per heavy atom. The molecule has 4 rings (SSSR count). The molecule has 0 atom stereocenters. The molecule has 8 heteroatoms. The van der Waals surface area contributed by atoms with E-state index in [2.05, 4.69) is 27.1 Å². The van der Waals surface area contributed by atoms with Crippen LogP contribution in [0.15, 0.2) is 54.7 Å². The summed E-state index contributed by atoms with van der Waals surface area (Å²) < 4.78 is 2.14. The number of anilines is 2. The smallest absolute Gasteiger partial charge is 0.308 e. The van der Waals surface area contributed by atoms with Gasteiger partial charge in [0, 0.05) is 17.0 Å². The fourth-order valence-corrected chi connectivity index (χ4v) is 4.09. The van der Waals surface area contributed by atoms with Gasteiger partial charge in [0.25, 0.3) is 0 Å². The van der Waals surface area contributed by atoms with Crippen molar-refractivity contribution in [1.82, 2.24) is 14.5 Å². The number of aromatic nitrogens is 3. The number of fused-ring (bicyclic) bond motifs is 1. The number of urea groups is 1. The van der Waals surface area contributed by atoms with E-state index in [4.69, 9.17) is 28.2 Å². The van der Waals surface area contributed by atoms with Gasteiger partial charge in [-0.1, -0.05) is 60.8 Å². The molecule has 33 heavy (non-hydrogen) atoms. The number of nitrogens with one attached hydrogen (secondary N) is 2. The summed E-state index contributed by atoms with van der Waals surface area (Å²) in [7, 11) is 0. The van der Waals surface area contributed by atoms with E-state index in [1.807, 2.05) is 43.3 Å². The van der Waals surface area contributed by atoms with Crippen molar-refractivity contribution in [3.8, 4) is 0 Å². The number of nitrogens with zero attached hydrogens (tertiary/aromatic N) is 3. The van der Waals surface area contributed by atoms with E-state index >= 15 is 0 Å². The zero-order valence-corrected chi connectivity index (χ0v) is 20.0. The molecule has 0 unspecified atom stereocenters. The Kier molecular flexibility index (Phi) is 7.16. The van der Waals surface area contributed by atoms with Gasteiger partial charge in [0.15, 0.2) is 5.65 Å². The minimum absolute atomic E-state index is 0.392. The predicted molar refractivity (Wildman–Crippen MR) is 136 cm³/mol. The van der Waals surface area contributed by atoms with Crippen LogP contribution < -0.4 is 10.6 Å². The first kappa shape index (κ1) is 23.1. The Morgan fingerprint density at radius 3 is 2.61 bits per heavy atom. The Balaban J connectivity index is 1.65. The third kappa shape index (κ3) is 5.29. The largest absolute Gasteiger partial charge is 0.323 e. The molecule has 0 saturated heterocycles. The van der Waals surface area contributed by atoms with E-state index < -0.39 is 6.03 Å². The second-order valence-electron chi connectivity index (χ2n) is 7.88. The molecule has 2 aromatic carbocycles. The molecule has 2 N–H and O–H groups in total. The summed E-state index contributed by atoms with van der Waals surface area (Å²) in [4.78, 5) is 22.1. The fourth-order valence-electron chi connectivity index (χ4n) is 3.70. The molecular formula is C25H25Cl2N5O. The minimum Gasteiger partial charge on any atom is -0.308 e. The van der Waals surface area contributed by atoms with Crippen molar-refractivity contribution in [1.29, 1.82) is 0 Å².